The summed E-state index contributed by atoms with van der Waals surface area (Å²) in [7, 11) is 0. The van der Waals surface area contributed by atoms with E-state index in [0.717, 1.165) is 12.1 Å². The number of hydrogen-bond acceptors (Lipinski definition) is 0. The molecule has 0 N–H and O–H groups in total. The first-order chi connectivity index (χ1) is 4.61. The van der Waals surface area contributed by atoms with E-state index in [1.165, 1.54) is 12.1 Å². The summed E-state index contributed by atoms with van der Waals surface area (Å²) in [5, 5.41) is 0. The third kappa shape index (κ3) is 3.00. The Hall–Kier alpha value is -0.393. The molecule has 0 aliphatic carbocycles. The summed E-state index contributed by atoms with van der Waals surface area (Å²) >= 11 is 0. The van der Waals surface area contributed by atoms with Gasteiger partial charge in [0.25, 0.3) is 0 Å². The predicted octanol–water partition coefficient (Wildman–Crippen LogP) is 2.12. The maximum Gasteiger partial charge on any atom is 0.416 e. The molecule has 0 aromatic heterocycles. The van der Waals surface area contributed by atoms with Crippen LogP contribution in [0.5, 0.6) is 0 Å². The molecule has 1 aromatic carbocycles. The van der Waals surface area contributed by atoms with Crippen LogP contribution in [0.3, 0.4) is 0 Å². The Balaban J connectivity index is 0.000001000. The Kier molecular flexibility index (Phi) is 3.71. The second-order valence-corrected chi connectivity index (χ2v) is 1.79. The number of benzene rings is 1. The quantitative estimate of drug-likeness (QED) is 0.499. The number of hydrogen-bond donors (Lipinski definition) is 0. The van der Waals surface area contributed by atoms with E-state index in [0.29, 0.717) is 0 Å². The molecule has 0 amide bonds. The first kappa shape index (κ1) is 10.6. The zero-order valence-electron chi connectivity index (χ0n) is 5.94. The van der Waals surface area contributed by atoms with E-state index in [9.17, 15) is 13.2 Å². The Morgan fingerprint density at radius 2 is 1.91 bits per heavy atom. The van der Waals surface area contributed by atoms with Crippen LogP contribution in [0.4, 0.5) is 13.2 Å². The van der Waals surface area contributed by atoms with Crippen molar-refractivity contribution in [3.05, 3.63) is 35.9 Å². The first-order valence-electron chi connectivity index (χ1n) is 2.64. The van der Waals surface area contributed by atoms with E-state index in [2.05, 4.69) is 6.07 Å². The largest absolute Gasteiger partial charge is 0.416 e. The van der Waals surface area contributed by atoms with E-state index in [1.54, 1.807) is 0 Å². The molecule has 2 radical (unpaired) electrons. The van der Waals surface area contributed by atoms with Crippen LogP contribution in [-0.2, 0) is 6.18 Å². The van der Waals surface area contributed by atoms with E-state index in [1.807, 2.05) is 0 Å². The minimum absolute atomic E-state index is 0. The predicted molar refractivity (Wildman–Crippen MR) is 36.0 cm³/mol. The monoisotopic (exact) mass is 152 g/mol. The van der Waals surface area contributed by atoms with Gasteiger partial charge < -0.3 is 0 Å². The molecule has 0 saturated heterocycles. The van der Waals surface area contributed by atoms with Gasteiger partial charge in [0.2, 0.25) is 0 Å². The van der Waals surface area contributed by atoms with E-state index >= 15 is 0 Å². The van der Waals surface area contributed by atoms with Crippen molar-refractivity contribution in [3.63, 3.8) is 0 Å². The maximum atomic E-state index is 11.8. The third-order valence-electron chi connectivity index (χ3n) is 1.03. The van der Waals surface area contributed by atoms with E-state index in [4.69, 9.17) is 0 Å². The van der Waals surface area contributed by atoms with Crippen LogP contribution in [0.15, 0.2) is 24.3 Å². The van der Waals surface area contributed by atoms with Gasteiger partial charge in [-0.25, -0.2) is 0 Å². The van der Waals surface area contributed by atoms with Crippen LogP contribution in [0.1, 0.15) is 5.56 Å². The molecule has 1 rings (SSSR count). The second-order valence-electron chi connectivity index (χ2n) is 1.79. The minimum Gasteiger partial charge on any atom is -0.166 e. The molecule has 0 aliphatic heterocycles. The van der Waals surface area contributed by atoms with Gasteiger partial charge in [0.05, 0.1) is 5.56 Å². The molecule has 0 unspecified atom stereocenters. The average molecular weight is 152 g/mol. The molecule has 0 atom stereocenters. The Bertz CT molecular complexity index is 205. The van der Waals surface area contributed by atoms with Crippen molar-refractivity contribution in [2.24, 2.45) is 0 Å². The molecule has 0 heterocycles. The molecular formula is C7H4F3Li. The number of rotatable bonds is 0. The van der Waals surface area contributed by atoms with Crippen LogP contribution in [-0.4, -0.2) is 18.9 Å². The van der Waals surface area contributed by atoms with Gasteiger partial charge in [-0.15, -0.1) is 0 Å². The maximum absolute atomic E-state index is 11.8. The zero-order chi connectivity index (χ0) is 7.61. The SMILES string of the molecule is FC(F)(F)c1c[c]ccc1.[Li]. The summed E-state index contributed by atoms with van der Waals surface area (Å²) < 4.78 is 35.3. The third-order valence-corrected chi connectivity index (χ3v) is 1.03. The van der Waals surface area contributed by atoms with Crippen molar-refractivity contribution >= 4 is 18.9 Å². The van der Waals surface area contributed by atoms with Crippen molar-refractivity contribution in [3.8, 4) is 0 Å². The standard InChI is InChI=1S/C7H4F3.Li/c8-7(9,10)6-4-2-1-3-5-6;/h1-2,4-5H;. The van der Waals surface area contributed by atoms with Gasteiger partial charge in [-0.05, 0) is 18.2 Å². The van der Waals surface area contributed by atoms with Gasteiger partial charge in [-0.2, -0.15) is 13.2 Å². The van der Waals surface area contributed by atoms with Crippen molar-refractivity contribution < 1.29 is 13.2 Å². The van der Waals surface area contributed by atoms with Crippen LogP contribution in [0, 0.1) is 6.07 Å². The molecule has 1 aromatic rings. The van der Waals surface area contributed by atoms with Gasteiger partial charge >= 0.3 is 6.18 Å². The van der Waals surface area contributed by atoms with Gasteiger partial charge in [-0.1, -0.05) is 12.1 Å². The molecule has 54 valence electrons. The number of alkyl halides is 3. The Morgan fingerprint density at radius 3 is 2.18 bits per heavy atom. The van der Waals surface area contributed by atoms with E-state index in [-0.39, 0.29) is 18.9 Å². The van der Waals surface area contributed by atoms with Crippen LogP contribution >= 0.6 is 0 Å². The van der Waals surface area contributed by atoms with Crippen molar-refractivity contribution in [2.75, 3.05) is 0 Å². The van der Waals surface area contributed by atoms with Gasteiger partial charge in [0, 0.05) is 18.9 Å². The fraction of sp³-hybridized carbons (Fsp3) is 0.143. The minimum atomic E-state index is -4.24. The van der Waals surface area contributed by atoms with Crippen LogP contribution in [0.25, 0.3) is 0 Å². The molecule has 0 nitrogen and oxygen atoms in total. The molecular weight excluding hydrogens is 148 g/mol. The van der Waals surface area contributed by atoms with Crippen LogP contribution in [0.2, 0.25) is 0 Å². The fourth-order valence-electron chi connectivity index (χ4n) is 0.570. The molecule has 4 heteroatoms. The normalized spacial score (nSPS) is 10.5. The molecule has 0 bridgehead atoms. The molecule has 0 saturated carbocycles. The average Bonchev–Trinajstić information content (AvgIpc) is 1.88. The Labute approximate surface area is 74.6 Å². The zero-order valence-corrected chi connectivity index (χ0v) is 5.94. The summed E-state index contributed by atoms with van der Waals surface area (Å²) in [6.07, 6.45) is -4.24. The molecule has 11 heavy (non-hydrogen) atoms. The smallest absolute Gasteiger partial charge is 0.166 e. The van der Waals surface area contributed by atoms with Gasteiger partial charge in [0.1, 0.15) is 0 Å². The summed E-state index contributed by atoms with van der Waals surface area (Å²) in [6.45, 7) is 0. The second kappa shape index (κ2) is 3.84. The first-order valence-corrected chi connectivity index (χ1v) is 2.64. The van der Waals surface area contributed by atoms with Crippen molar-refractivity contribution in [1.29, 1.82) is 0 Å². The molecule has 0 aliphatic rings. The molecule has 0 fully saturated rings. The van der Waals surface area contributed by atoms with Gasteiger partial charge in [0.15, 0.2) is 0 Å². The fourth-order valence-corrected chi connectivity index (χ4v) is 0.570. The summed E-state index contributed by atoms with van der Waals surface area (Å²) in [5.74, 6) is 0. The summed E-state index contributed by atoms with van der Waals surface area (Å²) in [4.78, 5) is 0. The van der Waals surface area contributed by atoms with E-state index < -0.39 is 11.7 Å². The topological polar surface area (TPSA) is 0 Å². The summed E-state index contributed by atoms with van der Waals surface area (Å²) in [5.41, 5.74) is -0.657. The molecule has 0 spiro atoms. The van der Waals surface area contributed by atoms with Crippen molar-refractivity contribution in [1.82, 2.24) is 0 Å². The van der Waals surface area contributed by atoms with Crippen molar-refractivity contribution in [2.45, 2.75) is 6.18 Å². The Morgan fingerprint density at radius 1 is 1.27 bits per heavy atom. The van der Waals surface area contributed by atoms with Crippen LogP contribution < -0.4 is 0 Å². The number of halogens is 3. The summed E-state index contributed by atoms with van der Waals surface area (Å²) in [6, 6.07) is 7.01. The van der Waals surface area contributed by atoms with Gasteiger partial charge in [-0.3, -0.25) is 0 Å².